The molecule has 0 aliphatic carbocycles. The number of carbonyl (C=O) groups excluding carboxylic acids is 1. The van der Waals surface area contributed by atoms with Gasteiger partial charge in [-0.15, -0.1) is 0 Å². The number of hydrogen-bond acceptors (Lipinski definition) is 3. The molecule has 1 amide bonds. The molecule has 0 atom stereocenters. The molecule has 4 nitrogen and oxygen atoms in total. The van der Waals surface area contributed by atoms with Crippen LogP contribution in [0.2, 0.25) is 0 Å². The highest BCUT2D eigenvalue weighted by Crippen LogP contribution is 2.29. The van der Waals surface area contributed by atoms with E-state index in [0.717, 1.165) is 49.3 Å². The minimum absolute atomic E-state index is 0.208. The fourth-order valence-corrected chi connectivity index (χ4v) is 3.59. The summed E-state index contributed by atoms with van der Waals surface area (Å²) in [6.07, 6.45) is 2.19. The van der Waals surface area contributed by atoms with E-state index in [4.69, 9.17) is 4.42 Å². The third-order valence-electron chi connectivity index (χ3n) is 5.18. The van der Waals surface area contributed by atoms with E-state index in [1.165, 1.54) is 11.1 Å². The van der Waals surface area contributed by atoms with E-state index in [2.05, 4.69) is 44.7 Å². The van der Waals surface area contributed by atoms with Gasteiger partial charge in [-0.1, -0.05) is 20.8 Å². The van der Waals surface area contributed by atoms with Crippen molar-refractivity contribution >= 4 is 16.9 Å². The van der Waals surface area contributed by atoms with Crippen molar-refractivity contribution in [2.24, 2.45) is 0 Å². The van der Waals surface area contributed by atoms with Gasteiger partial charge in [0.1, 0.15) is 5.58 Å². The molecule has 4 heteroatoms. The van der Waals surface area contributed by atoms with Crippen LogP contribution in [0.25, 0.3) is 11.0 Å². The first-order chi connectivity index (χ1) is 11.5. The lowest BCUT2D eigenvalue weighted by molar-refractivity contribution is -0.132. The lowest BCUT2D eigenvalue weighted by Crippen LogP contribution is -2.48. The number of piperazine rings is 1. The highest BCUT2D eigenvalue weighted by Gasteiger charge is 2.22. The molecule has 2 aromatic rings. The van der Waals surface area contributed by atoms with Gasteiger partial charge in [-0.05, 0) is 42.6 Å². The molecule has 3 rings (SSSR count). The van der Waals surface area contributed by atoms with Crippen LogP contribution < -0.4 is 0 Å². The third kappa shape index (κ3) is 3.34. The quantitative estimate of drug-likeness (QED) is 0.861. The Hall–Kier alpha value is -1.81. The van der Waals surface area contributed by atoms with Crippen molar-refractivity contribution in [1.29, 1.82) is 0 Å². The molecule has 130 valence electrons. The van der Waals surface area contributed by atoms with E-state index in [0.29, 0.717) is 12.3 Å². The van der Waals surface area contributed by atoms with E-state index in [1.54, 1.807) is 6.26 Å². The van der Waals surface area contributed by atoms with Gasteiger partial charge in [-0.25, -0.2) is 0 Å². The van der Waals surface area contributed by atoms with Crippen LogP contribution in [0.3, 0.4) is 0 Å². The Balaban J connectivity index is 1.78. The van der Waals surface area contributed by atoms with Gasteiger partial charge in [-0.3, -0.25) is 4.79 Å². The zero-order valence-electron chi connectivity index (χ0n) is 15.3. The fraction of sp³-hybridized carbons (Fsp3) is 0.550. The zero-order valence-corrected chi connectivity index (χ0v) is 15.3. The predicted molar refractivity (Wildman–Crippen MR) is 97.4 cm³/mol. The molecule has 1 aromatic heterocycles. The molecular formula is C20H28N2O2. The molecule has 0 radical (unpaired) electrons. The molecular weight excluding hydrogens is 300 g/mol. The normalized spacial score (nSPS) is 16.3. The summed E-state index contributed by atoms with van der Waals surface area (Å²) in [7, 11) is 0. The van der Waals surface area contributed by atoms with E-state index in [1.807, 2.05) is 4.90 Å². The van der Waals surface area contributed by atoms with Crippen molar-refractivity contribution in [3.8, 4) is 0 Å². The Bertz CT molecular complexity index is 725. The fourth-order valence-electron chi connectivity index (χ4n) is 3.59. The van der Waals surface area contributed by atoms with Gasteiger partial charge in [0.25, 0.3) is 0 Å². The highest BCUT2D eigenvalue weighted by molar-refractivity contribution is 5.88. The van der Waals surface area contributed by atoms with Crippen LogP contribution in [-0.2, 0) is 11.2 Å². The van der Waals surface area contributed by atoms with Crippen LogP contribution in [0.5, 0.6) is 0 Å². The van der Waals surface area contributed by atoms with Gasteiger partial charge < -0.3 is 14.2 Å². The highest BCUT2D eigenvalue weighted by atomic mass is 16.3. The topological polar surface area (TPSA) is 36.7 Å². The smallest absolute Gasteiger partial charge is 0.227 e. The van der Waals surface area contributed by atoms with Gasteiger partial charge >= 0.3 is 0 Å². The largest absolute Gasteiger partial charge is 0.464 e. The summed E-state index contributed by atoms with van der Waals surface area (Å²) in [4.78, 5) is 17.0. The average molecular weight is 328 g/mol. The van der Waals surface area contributed by atoms with Crippen molar-refractivity contribution in [3.63, 3.8) is 0 Å². The van der Waals surface area contributed by atoms with Crippen molar-refractivity contribution < 1.29 is 9.21 Å². The van der Waals surface area contributed by atoms with E-state index in [9.17, 15) is 4.79 Å². The second kappa shape index (κ2) is 6.98. The summed E-state index contributed by atoms with van der Waals surface area (Å²) < 4.78 is 5.71. The number of benzene rings is 1. The Morgan fingerprint density at radius 3 is 2.54 bits per heavy atom. The van der Waals surface area contributed by atoms with Crippen LogP contribution in [0.15, 0.2) is 22.8 Å². The van der Waals surface area contributed by atoms with Crippen molar-refractivity contribution in [1.82, 2.24) is 9.80 Å². The summed E-state index contributed by atoms with van der Waals surface area (Å²) in [5.74, 6) is 0.676. The Labute approximate surface area is 144 Å². The van der Waals surface area contributed by atoms with Crippen molar-refractivity contribution in [2.75, 3.05) is 32.7 Å². The van der Waals surface area contributed by atoms with Gasteiger partial charge in [0.05, 0.1) is 12.7 Å². The first-order valence-electron chi connectivity index (χ1n) is 9.00. The van der Waals surface area contributed by atoms with Crippen LogP contribution in [0.4, 0.5) is 0 Å². The van der Waals surface area contributed by atoms with Crippen LogP contribution >= 0.6 is 0 Å². The first-order valence-corrected chi connectivity index (χ1v) is 9.00. The third-order valence-corrected chi connectivity index (χ3v) is 5.18. The maximum absolute atomic E-state index is 12.7. The minimum Gasteiger partial charge on any atom is -0.464 e. The molecule has 0 unspecified atom stereocenters. The number of likely N-dealkylation sites (N-methyl/N-ethyl adjacent to an activating group) is 1. The molecule has 0 bridgehead atoms. The van der Waals surface area contributed by atoms with Gasteiger partial charge in [-0.2, -0.15) is 0 Å². The summed E-state index contributed by atoms with van der Waals surface area (Å²) in [5, 5.41) is 1.09. The van der Waals surface area contributed by atoms with Gasteiger partial charge in [0, 0.05) is 37.1 Å². The lowest BCUT2D eigenvalue weighted by Gasteiger charge is -2.34. The molecule has 1 saturated heterocycles. The molecule has 1 aliphatic heterocycles. The van der Waals surface area contributed by atoms with E-state index in [-0.39, 0.29) is 5.91 Å². The molecule has 1 aromatic carbocycles. The first kappa shape index (κ1) is 17.0. The Morgan fingerprint density at radius 2 is 1.92 bits per heavy atom. The number of rotatable bonds is 4. The van der Waals surface area contributed by atoms with Crippen LogP contribution in [0.1, 0.15) is 43.4 Å². The minimum atomic E-state index is 0.208. The molecule has 0 N–H and O–H groups in total. The SMILES string of the molecule is CCN1CCN(C(=O)Cc2coc3cc(C)c(C(C)C)cc23)CC1. The number of nitrogens with zero attached hydrogens (tertiary/aromatic N) is 2. The number of amides is 1. The summed E-state index contributed by atoms with van der Waals surface area (Å²) >= 11 is 0. The van der Waals surface area contributed by atoms with Crippen LogP contribution in [0, 0.1) is 6.92 Å². The Kier molecular flexibility index (Phi) is 4.95. The molecule has 0 saturated carbocycles. The number of fused-ring (bicyclic) bond motifs is 1. The van der Waals surface area contributed by atoms with Gasteiger partial charge in [0.2, 0.25) is 5.91 Å². The Morgan fingerprint density at radius 1 is 1.21 bits per heavy atom. The number of furan rings is 1. The monoisotopic (exact) mass is 328 g/mol. The number of hydrogen-bond donors (Lipinski definition) is 0. The average Bonchev–Trinajstić information content (AvgIpc) is 2.95. The second-order valence-electron chi connectivity index (χ2n) is 7.11. The molecule has 1 fully saturated rings. The van der Waals surface area contributed by atoms with Gasteiger partial charge in [0.15, 0.2) is 0 Å². The standard InChI is InChI=1S/C20H28N2O2/c1-5-21-6-8-22(9-7-21)20(23)11-16-13-24-19-10-15(4)17(14(2)3)12-18(16)19/h10,12-14H,5-9,11H2,1-4H3. The lowest BCUT2D eigenvalue weighted by atomic mass is 9.95. The maximum atomic E-state index is 12.7. The van der Waals surface area contributed by atoms with E-state index >= 15 is 0 Å². The van der Waals surface area contributed by atoms with E-state index < -0.39 is 0 Å². The molecule has 2 heterocycles. The second-order valence-corrected chi connectivity index (χ2v) is 7.11. The van der Waals surface area contributed by atoms with Crippen molar-refractivity contribution in [2.45, 2.75) is 40.0 Å². The predicted octanol–water partition coefficient (Wildman–Crippen LogP) is 3.57. The number of aryl methyl sites for hydroxylation is 1. The van der Waals surface area contributed by atoms with Crippen LogP contribution in [-0.4, -0.2) is 48.4 Å². The number of carbonyl (C=O) groups is 1. The van der Waals surface area contributed by atoms with Crippen molar-refractivity contribution in [3.05, 3.63) is 35.1 Å². The molecule has 1 aliphatic rings. The summed E-state index contributed by atoms with van der Waals surface area (Å²) in [6, 6.07) is 4.30. The zero-order chi connectivity index (χ0) is 17.3. The summed E-state index contributed by atoms with van der Waals surface area (Å²) in [6.45, 7) is 13.4. The molecule has 24 heavy (non-hydrogen) atoms. The summed E-state index contributed by atoms with van der Waals surface area (Å²) in [5.41, 5.74) is 4.47. The maximum Gasteiger partial charge on any atom is 0.227 e. The molecule has 0 spiro atoms.